The molecule has 1 N–H and O–H groups in total. The summed E-state index contributed by atoms with van der Waals surface area (Å²) in [6.07, 6.45) is 2.28. The van der Waals surface area contributed by atoms with Gasteiger partial charge in [-0.25, -0.2) is 4.79 Å². The van der Waals surface area contributed by atoms with Gasteiger partial charge in [0, 0.05) is 36.3 Å². The maximum Gasteiger partial charge on any atom is 0.326 e. The summed E-state index contributed by atoms with van der Waals surface area (Å²) < 4.78 is 0. The number of aromatic nitrogens is 1. The molecule has 0 aliphatic carbocycles. The summed E-state index contributed by atoms with van der Waals surface area (Å²) in [5, 5.41) is 9.51. The summed E-state index contributed by atoms with van der Waals surface area (Å²) >= 11 is 0. The summed E-state index contributed by atoms with van der Waals surface area (Å²) in [4.78, 5) is 35.5. The van der Waals surface area contributed by atoms with Crippen LogP contribution < -0.4 is 0 Å². The zero-order valence-corrected chi connectivity index (χ0v) is 17.5. The van der Waals surface area contributed by atoms with Crippen LogP contribution in [0.3, 0.4) is 0 Å². The van der Waals surface area contributed by atoms with Crippen molar-refractivity contribution in [1.29, 1.82) is 0 Å². The second kappa shape index (κ2) is 8.38. The zero-order chi connectivity index (χ0) is 21.3. The van der Waals surface area contributed by atoms with E-state index in [0.29, 0.717) is 32.4 Å². The molecule has 30 heavy (non-hydrogen) atoms. The molecule has 0 amide bonds. The number of aryl methyl sites for hydroxylation is 1. The summed E-state index contributed by atoms with van der Waals surface area (Å²) in [6, 6.07) is 11.5. The number of fused-ring (bicyclic) bond motifs is 1. The predicted octanol–water partition coefficient (Wildman–Crippen LogP) is 3.50. The van der Waals surface area contributed by atoms with Crippen LogP contribution in [0.25, 0.3) is 0 Å². The second-order valence-corrected chi connectivity index (χ2v) is 8.29. The Kier molecular flexibility index (Phi) is 5.66. The van der Waals surface area contributed by atoms with Crippen molar-refractivity contribution in [2.24, 2.45) is 4.99 Å². The first-order valence-electron chi connectivity index (χ1n) is 10.5. The molecule has 6 nitrogen and oxygen atoms in total. The molecule has 6 heteroatoms. The van der Waals surface area contributed by atoms with E-state index in [1.165, 1.54) is 5.56 Å². The van der Waals surface area contributed by atoms with Gasteiger partial charge in [-0.2, -0.15) is 0 Å². The Hall–Kier alpha value is -3.02. The number of aliphatic carboxylic acids is 1. The number of rotatable bonds is 6. The molecule has 1 fully saturated rings. The van der Waals surface area contributed by atoms with Crippen LogP contribution >= 0.6 is 0 Å². The smallest absolute Gasteiger partial charge is 0.326 e. The molecule has 1 saturated heterocycles. The first-order chi connectivity index (χ1) is 14.4. The molecule has 1 aromatic heterocycles. The second-order valence-electron chi connectivity index (χ2n) is 8.29. The Morgan fingerprint density at radius 2 is 2.03 bits per heavy atom. The van der Waals surface area contributed by atoms with E-state index in [9.17, 15) is 14.7 Å². The molecule has 2 aromatic rings. The monoisotopic (exact) mass is 405 g/mol. The average Bonchev–Trinajstić information content (AvgIpc) is 3.35. The molecule has 1 aromatic carbocycles. The number of carboxylic acid groups (broad SMARTS) is 1. The van der Waals surface area contributed by atoms with Crippen molar-refractivity contribution in [3.63, 3.8) is 0 Å². The van der Waals surface area contributed by atoms with Crippen LogP contribution in [0.2, 0.25) is 0 Å². The van der Waals surface area contributed by atoms with E-state index in [0.717, 1.165) is 34.8 Å². The van der Waals surface area contributed by atoms with Crippen LogP contribution in [0.15, 0.2) is 41.4 Å². The fourth-order valence-electron chi connectivity index (χ4n) is 4.60. The number of hydrogen-bond donors (Lipinski definition) is 1. The lowest BCUT2D eigenvalue weighted by molar-refractivity contribution is -0.140. The number of likely N-dealkylation sites (tertiary alicyclic amines) is 1. The van der Waals surface area contributed by atoms with Gasteiger partial charge in [-0.1, -0.05) is 37.3 Å². The van der Waals surface area contributed by atoms with E-state index in [1.54, 1.807) is 0 Å². The van der Waals surface area contributed by atoms with Gasteiger partial charge in [0.25, 0.3) is 0 Å². The van der Waals surface area contributed by atoms with Crippen LogP contribution in [-0.2, 0) is 22.6 Å². The number of amidine groups is 1. The number of aliphatic imine (C=N–C) groups is 1. The zero-order valence-electron chi connectivity index (χ0n) is 17.5. The quantitative estimate of drug-likeness (QED) is 0.795. The van der Waals surface area contributed by atoms with E-state index in [1.807, 2.05) is 36.1 Å². The number of Topliss-reactive ketones (excluding diaryl/α,β-unsaturated/α-hetero) is 1. The maximum absolute atomic E-state index is 12.7. The van der Waals surface area contributed by atoms with Gasteiger partial charge in [0.05, 0.1) is 6.54 Å². The highest BCUT2D eigenvalue weighted by Crippen LogP contribution is 2.29. The SMILES string of the molecule is Cc1nc(CC(=O)C[C@H](C)c2ccccc2)cc2c1C(N1CCCC1C(=O)O)=NC2. The molecule has 3 heterocycles. The number of ketones is 1. The fraction of sp³-hybridized carbons (Fsp3) is 0.417. The first-order valence-corrected chi connectivity index (χ1v) is 10.5. The molecule has 0 bridgehead atoms. The van der Waals surface area contributed by atoms with E-state index in [2.05, 4.69) is 29.0 Å². The third-order valence-corrected chi connectivity index (χ3v) is 6.05. The number of carboxylic acids is 1. The first kappa shape index (κ1) is 20.3. The highest BCUT2D eigenvalue weighted by Gasteiger charge is 2.36. The molecule has 2 atom stereocenters. The fourth-order valence-corrected chi connectivity index (χ4v) is 4.60. The number of hydrogen-bond acceptors (Lipinski definition) is 5. The molecule has 0 saturated carbocycles. The normalized spacial score (nSPS) is 18.8. The highest BCUT2D eigenvalue weighted by atomic mass is 16.4. The summed E-state index contributed by atoms with van der Waals surface area (Å²) in [5.41, 5.74) is 4.73. The number of carbonyl (C=O) groups is 2. The van der Waals surface area contributed by atoms with E-state index in [-0.39, 0.29) is 11.7 Å². The standard InChI is InChI=1S/C24H27N3O3/c1-15(17-7-4-3-5-8-17)11-20(28)13-19-12-18-14-25-23(22(18)16(2)26-19)27-10-6-9-21(27)24(29)30/h3-5,7-8,12,15,21H,6,9-11,13-14H2,1-2H3,(H,29,30)/t15-,21?/m0/s1. The number of benzene rings is 1. The van der Waals surface area contributed by atoms with Crippen molar-refractivity contribution in [3.05, 3.63) is 64.5 Å². The minimum atomic E-state index is -0.802. The Labute approximate surface area is 176 Å². The summed E-state index contributed by atoms with van der Waals surface area (Å²) in [6.45, 7) is 5.21. The molecule has 4 rings (SSSR count). The van der Waals surface area contributed by atoms with Crippen LogP contribution in [0.1, 0.15) is 60.2 Å². The summed E-state index contributed by atoms with van der Waals surface area (Å²) in [7, 11) is 0. The van der Waals surface area contributed by atoms with Gasteiger partial charge in [0.15, 0.2) is 0 Å². The van der Waals surface area contributed by atoms with Crippen molar-refractivity contribution < 1.29 is 14.7 Å². The van der Waals surface area contributed by atoms with Crippen LogP contribution in [0.5, 0.6) is 0 Å². The van der Waals surface area contributed by atoms with E-state index < -0.39 is 12.0 Å². The average molecular weight is 405 g/mol. The predicted molar refractivity (Wildman–Crippen MR) is 115 cm³/mol. The lowest BCUT2D eigenvalue weighted by atomic mass is 9.94. The van der Waals surface area contributed by atoms with Crippen LogP contribution in [0.4, 0.5) is 0 Å². The van der Waals surface area contributed by atoms with Crippen molar-refractivity contribution in [2.45, 2.75) is 58.0 Å². The van der Waals surface area contributed by atoms with Gasteiger partial charge in [-0.3, -0.25) is 14.8 Å². The Bertz CT molecular complexity index is 1000. The molecule has 2 aliphatic rings. The van der Waals surface area contributed by atoms with Crippen LogP contribution in [-0.4, -0.2) is 45.2 Å². The lowest BCUT2D eigenvalue weighted by Crippen LogP contribution is -2.40. The molecular formula is C24H27N3O3. The van der Waals surface area contributed by atoms with Crippen molar-refractivity contribution >= 4 is 17.6 Å². The molecule has 0 radical (unpaired) electrons. The minimum absolute atomic E-state index is 0.169. The van der Waals surface area contributed by atoms with Crippen molar-refractivity contribution in [2.75, 3.05) is 6.54 Å². The molecule has 0 spiro atoms. The summed E-state index contributed by atoms with van der Waals surface area (Å²) in [5.74, 6) is 0.287. The third kappa shape index (κ3) is 3.99. The van der Waals surface area contributed by atoms with Gasteiger partial charge in [0.2, 0.25) is 0 Å². The Morgan fingerprint density at radius 3 is 2.77 bits per heavy atom. The van der Waals surface area contributed by atoms with Gasteiger partial charge < -0.3 is 10.0 Å². The molecule has 2 aliphatic heterocycles. The Balaban J connectivity index is 1.47. The largest absolute Gasteiger partial charge is 0.480 e. The van der Waals surface area contributed by atoms with E-state index >= 15 is 0 Å². The molecule has 156 valence electrons. The van der Waals surface area contributed by atoms with Crippen molar-refractivity contribution in [1.82, 2.24) is 9.88 Å². The highest BCUT2D eigenvalue weighted by molar-refractivity contribution is 6.04. The third-order valence-electron chi connectivity index (χ3n) is 6.05. The van der Waals surface area contributed by atoms with Crippen molar-refractivity contribution in [3.8, 4) is 0 Å². The maximum atomic E-state index is 12.7. The molecular weight excluding hydrogens is 378 g/mol. The number of carbonyl (C=O) groups excluding carboxylic acids is 1. The minimum Gasteiger partial charge on any atom is -0.480 e. The van der Waals surface area contributed by atoms with Gasteiger partial charge in [-0.05, 0) is 42.9 Å². The van der Waals surface area contributed by atoms with Crippen LogP contribution in [0, 0.1) is 6.92 Å². The van der Waals surface area contributed by atoms with Gasteiger partial charge in [-0.15, -0.1) is 0 Å². The van der Waals surface area contributed by atoms with Gasteiger partial charge >= 0.3 is 5.97 Å². The number of pyridine rings is 1. The van der Waals surface area contributed by atoms with E-state index in [4.69, 9.17) is 0 Å². The Morgan fingerprint density at radius 1 is 1.27 bits per heavy atom. The lowest BCUT2D eigenvalue weighted by Gasteiger charge is -2.24. The van der Waals surface area contributed by atoms with Gasteiger partial charge in [0.1, 0.15) is 17.7 Å². The molecule has 1 unspecified atom stereocenters. The number of nitrogens with zero attached hydrogens (tertiary/aromatic N) is 3. The topological polar surface area (TPSA) is 82.9 Å².